The van der Waals surface area contributed by atoms with Crippen molar-refractivity contribution in [1.29, 1.82) is 0 Å². The number of hydrogen-bond acceptors (Lipinski definition) is 6. The Hall–Kier alpha value is -3.03. The largest absolute Gasteiger partial charge is 0.490 e. The van der Waals surface area contributed by atoms with Gasteiger partial charge in [-0.3, -0.25) is 4.79 Å². The second kappa shape index (κ2) is 9.85. The zero-order chi connectivity index (χ0) is 22.5. The van der Waals surface area contributed by atoms with Gasteiger partial charge >= 0.3 is 5.97 Å². The lowest BCUT2D eigenvalue weighted by atomic mass is 10.1. The maximum atomic E-state index is 12.3. The molecule has 0 aromatic heterocycles. The number of esters is 1. The van der Waals surface area contributed by atoms with Gasteiger partial charge in [-0.2, -0.15) is 0 Å². The number of hydrogen-bond donors (Lipinski definition) is 0. The van der Waals surface area contributed by atoms with E-state index in [-0.39, 0.29) is 34.9 Å². The first-order valence-corrected chi connectivity index (χ1v) is 10.1. The smallest absolute Gasteiger partial charge is 0.363 e. The summed E-state index contributed by atoms with van der Waals surface area (Å²) in [5.41, 5.74) is 1.25. The lowest BCUT2D eigenvalue weighted by Gasteiger charge is -2.16. The van der Waals surface area contributed by atoms with Gasteiger partial charge in [0.1, 0.15) is 0 Å². The first-order chi connectivity index (χ1) is 14.8. The number of likely N-dealkylation sites (N-methyl/N-ethyl adjacent to an activating group) is 1. The average Bonchev–Trinajstić information content (AvgIpc) is 3.07. The van der Waals surface area contributed by atoms with Crippen LogP contribution in [0.3, 0.4) is 0 Å². The summed E-state index contributed by atoms with van der Waals surface area (Å²) in [5, 5.41) is 0.736. The van der Waals surface area contributed by atoms with Crippen LogP contribution in [-0.2, 0) is 14.3 Å². The molecule has 0 unspecified atom stereocenters. The topological polar surface area (TPSA) is 77.4 Å². The van der Waals surface area contributed by atoms with Crippen LogP contribution in [0.2, 0.25) is 10.0 Å². The third kappa shape index (κ3) is 5.57. The molecule has 2 aromatic rings. The van der Waals surface area contributed by atoms with Crippen molar-refractivity contribution in [2.24, 2.45) is 4.99 Å². The van der Waals surface area contributed by atoms with Gasteiger partial charge in [-0.1, -0.05) is 29.3 Å². The molecule has 0 spiro atoms. The molecule has 0 atom stereocenters. The zero-order valence-corrected chi connectivity index (χ0v) is 18.7. The molecule has 9 heteroatoms. The third-order valence-corrected chi connectivity index (χ3v) is 4.68. The van der Waals surface area contributed by atoms with E-state index in [2.05, 4.69) is 4.99 Å². The summed E-state index contributed by atoms with van der Waals surface area (Å²) >= 11 is 12.4. The number of cyclic esters (lactones) is 1. The minimum atomic E-state index is -0.596. The highest BCUT2D eigenvalue weighted by atomic mass is 35.5. The fraction of sp³-hybridized carbons (Fsp3) is 0.227. The monoisotopic (exact) mass is 462 g/mol. The van der Waals surface area contributed by atoms with E-state index in [9.17, 15) is 9.59 Å². The van der Waals surface area contributed by atoms with E-state index in [0.717, 1.165) is 0 Å². The normalized spacial score (nSPS) is 14.3. The molecule has 1 aliphatic rings. The molecule has 0 bridgehead atoms. The molecule has 0 saturated carbocycles. The Balaban J connectivity index is 1.91. The van der Waals surface area contributed by atoms with Gasteiger partial charge in [0.25, 0.3) is 5.91 Å². The van der Waals surface area contributed by atoms with Crippen molar-refractivity contribution >= 4 is 47.1 Å². The molecule has 0 radical (unpaired) electrons. The average molecular weight is 463 g/mol. The zero-order valence-electron chi connectivity index (χ0n) is 17.1. The number of nitrogens with zero attached hydrogens (tertiary/aromatic N) is 2. The molecule has 2 aromatic carbocycles. The van der Waals surface area contributed by atoms with Gasteiger partial charge in [0, 0.05) is 24.7 Å². The first kappa shape index (κ1) is 22.7. The van der Waals surface area contributed by atoms with Gasteiger partial charge in [0.2, 0.25) is 5.90 Å². The Kier molecular flexibility index (Phi) is 7.20. The van der Waals surface area contributed by atoms with Crippen molar-refractivity contribution < 1.29 is 23.8 Å². The predicted octanol–water partition coefficient (Wildman–Crippen LogP) is 4.20. The molecule has 3 rings (SSSR count). The third-order valence-electron chi connectivity index (χ3n) is 4.17. The Morgan fingerprint density at radius 2 is 1.97 bits per heavy atom. The van der Waals surface area contributed by atoms with Crippen molar-refractivity contribution in [3.63, 3.8) is 0 Å². The number of benzene rings is 2. The molecule has 7 nitrogen and oxygen atoms in total. The molecule has 31 heavy (non-hydrogen) atoms. The van der Waals surface area contributed by atoms with Crippen molar-refractivity contribution in [2.45, 2.75) is 6.92 Å². The van der Waals surface area contributed by atoms with E-state index < -0.39 is 5.97 Å². The fourth-order valence-electron chi connectivity index (χ4n) is 2.65. The lowest BCUT2D eigenvalue weighted by molar-refractivity contribution is -0.131. The highest BCUT2D eigenvalue weighted by molar-refractivity contribution is 6.32. The molecule has 1 aliphatic heterocycles. The summed E-state index contributed by atoms with van der Waals surface area (Å²) in [5.74, 6) is -0.0592. The van der Waals surface area contributed by atoms with Crippen LogP contribution in [0.15, 0.2) is 47.1 Å². The van der Waals surface area contributed by atoms with Crippen LogP contribution in [0.1, 0.15) is 18.1 Å². The van der Waals surface area contributed by atoms with Gasteiger partial charge < -0.3 is 19.1 Å². The maximum absolute atomic E-state index is 12.3. The van der Waals surface area contributed by atoms with Gasteiger partial charge in [-0.15, -0.1) is 0 Å². The molecule has 1 heterocycles. The molecular formula is C22H20Cl2N2O5. The minimum absolute atomic E-state index is 0.102. The summed E-state index contributed by atoms with van der Waals surface area (Å²) in [6.07, 6.45) is 1.53. The molecule has 0 fully saturated rings. The molecule has 0 saturated heterocycles. The molecule has 1 amide bonds. The van der Waals surface area contributed by atoms with Crippen molar-refractivity contribution in [1.82, 2.24) is 4.90 Å². The van der Waals surface area contributed by atoms with Gasteiger partial charge in [-0.05, 0) is 48.9 Å². The molecule has 0 N–H and O–H groups in total. The van der Waals surface area contributed by atoms with Gasteiger partial charge in [0.05, 0.1) is 11.6 Å². The SMILES string of the molecule is CCOc1cc(C=C2N=C(c3cccc(Cl)c3)OC2=O)cc(Cl)c1OCC(=O)N(C)C. The number of rotatable bonds is 7. The van der Waals surface area contributed by atoms with Crippen LogP contribution >= 0.6 is 23.2 Å². The standard InChI is InChI=1S/C22H20Cl2N2O5/c1-4-29-18-10-13(8-16(24)20(18)30-12-19(27)26(2)3)9-17-22(28)31-21(25-17)14-6-5-7-15(23)11-14/h5-11H,4,12H2,1-3H3. The number of amides is 1. The van der Waals surface area contributed by atoms with E-state index in [1.54, 1.807) is 50.5 Å². The second-order valence-electron chi connectivity index (χ2n) is 6.69. The summed E-state index contributed by atoms with van der Waals surface area (Å²) in [7, 11) is 3.26. The quantitative estimate of drug-likeness (QED) is 0.454. The van der Waals surface area contributed by atoms with Gasteiger partial charge in [0.15, 0.2) is 23.8 Å². The Morgan fingerprint density at radius 3 is 2.65 bits per heavy atom. The van der Waals surface area contributed by atoms with Crippen LogP contribution in [0.5, 0.6) is 11.5 Å². The fourth-order valence-corrected chi connectivity index (χ4v) is 3.11. The van der Waals surface area contributed by atoms with Crippen LogP contribution < -0.4 is 9.47 Å². The van der Waals surface area contributed by atoms with E-state index in [1.165, 1.54) is 11.0 Å². The van der Waals surface area contributed by atoms with E-state index in [0.29, 0.717) is 28.5 Å². The Labute approximate surface area is 189 Å². The summed E-state index contributed by atoms with van der Waals surface area (Å²) < 4.78 is 16.5. The highest BCUT2D eigenvalue weighted by Gasteiger charge is 2.25. The number of ether oxygens (including phenoxy) is 3. The van der Waals surface area contributed by atoms with Crippen LogP contribution in [0.4, 0.5) is 0 Å². The summed E-state index contributed by atoms with van der Waals surface area (Å²) in [4.78, 5) is 29.8. The Morgan fingerprint density at radius 1 is 1.19 bits per heavy atom. The highest BCUT2D eigenvalue weighted by Crippen LogP contribution is 2.37. The minimum Gasteiger partial charge on any atom is -0.490 e. The van der Waals surface area contributed by atoms with Crippen LogP contribution in [0, 0.1) is 0 Å². The predicted molar refractivity (Wildman–Crippen MR) is 119 cm³/mol. The van der Waals surface area contributed by atoms with E-state index in [4.69, 9.17) is 37.4 Å². The van der Waals surface area contributed by atoms with Crippen molar-refractivity contribution in [2.75, 3.05) is 27.3 Å². The molecule has 0 aliphatic carbocycles. The maximum Gasteiger partial charge on any atom is 0.363 e. The van der Waals surface area contributed by atoms with Crippen molar-refractivity contribution in [3.05, 3.63) is 63.3 Å². The lowest BCUT2D eigenvalue weighted by Crippen LogP contribution is -2.27. The molecule has 162 valence electrons. The summed E-state index contributed by atoms with van der Waals surface area (Å²) in [6.45, 7) is 1.98. The van der Waals surface area contributed by atoms with Gasteiger partial charge in [-0.25, -0.2) is 9.79 Å². The van der Waals surface area contributed by atoms with Crippen LogP contribution in [-0.4, -0.2) is 50.0 Å². The Bertz CT molecular complexity index is 1080. The number of carbonyl (C=O) groups excluding carboxylic acids is 2. The number of carbonyl (C=O) groups is 2. The van der Waals surface area contributed by atoms with Crippen molar-refractivity contribution in [3.8, 4) is 11.5 Å². The van der Waals surface area contributed by atoms with E-state index in [1.807, 2.05) is 6.92 Å². The summed E-state index contributed by atoms with van der Waals surface area (Å²) in [6, 6.07) is 10.1. The molecular weight excluding hydrogens is 443 g/mol. The van der Waals surface area contributed by atoms with Crippen LogP contribution in [0.25, 0.3) is 6.08 Å². The first-order valence-electron chi connectivity index (χ1n) is 9.36. The second-order valence-corrected chi connectivity index (χ2v) is 7.53. The number of aliphatic imine (C=N–C) groups is 1. The number of halogens is 2. The van der Waals surface area contributed by atoms with E-state index >= 15 is 0 Å².